The first-order valence-electron chi connectivity index (χ1n) is 20.3. The third kappa shape index (κ3) is 8.06. The molecule has 0 atom stereocenters. The lowest BCUT2D eigenvalue weighted by atomic mass is 10.0. The molecule has 0 saturated carbocycles. The number of aryl methyl sites for hydroxylation is 2. The molecule has 58 heavy (non-hydrogen) atoms. The summed E-state index contributed by atoms with van der Waals surface area (Å²) in [5.74, 6) is 1.96. The lowest BCUT2D eigenvalue weighted by Crippen LogP contribution is -2.35. The Labute approximate surface area is 337 Å². The van der Waals surface area contributed by atoms with Gasteiger partial charge in [0.2, 0.25) is 0 Å². The van der Waals surface area contributed by atoms with Crippen LogP contribution in [-0.2, 0) is 30.7 Å². The number of aromatic nitrogens is 6. The molecular weight excluding hydrogens is 729 g/mol. The number of nitrogens with one attached hydrogen (secondary N) is 2. The number of likely N-dealkylation sites (tertiary alicyclic amines) is 1. The molecule has 0 spiro atoms. The molecule has 4 aromatic heterocycles. The molecule has 6 heterocycles. The molecule has 0 radical (unpaired) electrons. The van der Waals surface area contributed by atoms with E-state index in [2.05, 4.69) is 70.4 Å². The number of aromatic amines is 2. The Kier molecular flexibility index (Phi) is 11.2. The van der Waals surface area contributed by atoms with E-state index in [1.165, 1.54) is 30.4 Å². The number of oxime groups is 2. The molecule has 4 aliphatic rings. The molecule has 13 nitrogen and oxygen atoms in total. The fourth-order valence-electron chi connectivity index (χ4n) is 8.61. The van der Waals surface area contributed by atoms with Crippen molar-refractivity contribution < 1.29 is 15.2 Å². The van der Waals surface area contributed by atoms with E-state index in [0.29, 0.717) is 0 Å². The number of benzene rings is 2. The molecule has 10 rings (SSSR count). The molecule has 2 fully saturated rings. The molecule has 0 unspecified atom stereocenters. The number of imidazole rings is 2. The zero-order valence-electron chi connectivity index (χ0n) is 32.6. The number of ether oxygens (including phenoxy) is 1. The van der Waals surface area contributed by atoms with Gasteiger partial charge in [-0.25, -0.2) is 9.97 Å². The van der Waals surface area contributed by atoms with Crippen LogP contribution >= 0.6 is 0 Å². The fourth-order valence-corrected chi connectivity index (χ4v) is 8.61. The first kappa shape index (κ1) is 37.6. The van der Waals surface area contributed by atoms with E-state index in [4.69, 9.17) is 14.7 Å². The molecule has 4 N–H and O–H groups in total. The number of hydrogen-bond donors (Lipinski definition) is 4. The van der Waals surface area contributed by atoms with Crippen LogP contribution in [0.5, 0.6) is 0 Å². The number of nitrogens with zero attached hydrogens (tertiary/aromatic N) is 8. The van der Waals surface area contributed by atoms with Crippen LogP contribution in [-0.4, -0.2) is 101 Å². The summed E-state index contributed by atoms with van der Waals surface area (Å²) in [5, 5.41) is 25.3. The van der Waals surface area contributed by atoms with Gasteiger partial charge in [-0.05, 0) is 99.1 Å². The average molecular weight is 777 g/mol. The largest absolute Gasteiger partial charge is 0.411 e. The second-order valence-corrected chi connectivity index (χ2v) is 15.3. The zero-order valence-corrected chi connectivity index (χ0v) is 32.6. The molecule has 2 aromatic carbocycles. The van der Waals surface area contributed by atoms with E-state index in [9.17, 15) is 10.4 Å². The molecule has 0 amide bonds. The fraction of sp³-hybridized carbons (Fsp3) is 0.333. The number of piperidine rings is 1. The van der Waals surface area contributed by atoms with Crippen molar-refractivity contribution in [3.05, 3.63) is 119 Å². The third-order valence-corrected chi connectivity index (χ3v) is 11.6. The number of fused-ring (bicyclic) bond motifs is 2. The molecule has 0 bridgehead atoms. The molecule has 2 aliphatic heterocycles. The van der Waals surface area contributed by atoms with Crippen LogP contribution in [0.2, 0.25) is 0 Å². The van der Waals surface area contributed by atoms with Gasteiger partial charge in [-0.2, -0.15) is 0 Å². The Morgan fingerprint density at radius 3 is 1.48 bits per heavy atom. The summed E-state index contributed by atoms with van der Waals surface area (Å²) < 4.78 is 5.46. The van der Waals surface area contributed by atoms with Gasteiger partial charge in [0.1, 0.15) is 11.6 Å². The minimum absolute atomic E-state index is 0.760. The summed E-state index contributed by atoms with van der Waals surface area (Å²) in [7, 11) is 0. The summed E-state index contributed by atoms with van der Waals surface area (Å²) in [5.41, 5.74) is 14.3. The number of pyridine rings is 2. The second-order valence-electron chi connectivity index (χ2n) is 15.3. The minimum atomic E-state index is 0.760. The van der Waals surface area contributed by atoms with Gasteiger partial charge in [0.25, 0.3) is 0 Å². The Bertz CT molecular complexity index is 2240. The quantitative estimate of drug-likeness (QED) is 0.0915. The Morgan fingerprint density at radius 1 is 0.552 bits per heavy atom. The first-order chi connectivity index (χ1) is 28.6. The van der Waals surface area contributed by atoms with Gasteiger partial charge < -0.3 is 25.1 Å². The molecule has 2 aliphatic carbocycles. The average Bonchev–Trinajstić information content (AvgIpc) is 4.10. The van der Waals surface area contributed by atoms with Crippen LogP contribution < -0.4 is 0 Å². The van der Waals surface area contributed by atoms with E-state index in [1.54, 1.807) is 12.4 Å². The number of rotatable bonds is 8. The van der Waals surface area contributed by atoms with Crippen molar-refractivity contribution in [1.82, 2.24) is 39.7 Å². The van der Waals surface area contributed by atoms with E-state index in [1.807, 2.05) is 42.7 Å². The predicted octanol–water partition coefficient (Wildman–Crippen LogP) is 7.34. The first-order valence-corrected chi connectivity index (χ1v) is 20.3. The topological polar surface area (TPSA) is 164 Å². The monoisotopic (exact) mass is 776 g/mol. The van der Waals surface area contributed by atoms with Crippen LogP contribution in [0.15, 0.2) is 95.8 Å². The summed E-state index contributed by atoms with van der Waals surface area (Å²) in [6, 6.07) is 20.7. The highest BCUT2D eigenvalue weighted by molar-refractivity contribution is 6.05. The Morgan fingerprint density at radius 2 is 1.02 bits per heavy atom. The van der Waals surface area contributed by atoms with Crippen LogP contribution in [0.25, 0.3) is 45.0 Å². The number of morpholine rings is 1. The van der Waals surface area contributed by atoms with E-state index >= 15 is 0 Å². The van der Waals surface area contributed by atoms with Crippen molar-refractivity contribution in [2.24, 2.45) is 10.3 Å². The highest BCUT2D eigenvalue weighted by atomic mass is 16.5. The SMILES string of the molecule is ON=C1CCc2cc(-c3nc(CN4CCCCC4)[nH]c3-c3ccncc3)ccc21.ON=C1CCc2cc(-c3nc(CN4CCOCC4)[nH]c3-c3ccncc3)ccc21. The molecular formula is C45H48N10O3. The maximum Gasteiger partial charge on any atom is 0.121 e. The second kappa shape index (κ2) is 17.2. The van der Waals surface area contributed by atoms with Crippen LogP contribution in [0, 0.1) is 0 Å². The summed E-state index contributed by atoms with van der Waals surface area (Å²) in [6.07, 6.45) is 14.4. The van der Waals surface area contributed by atoms with Crippen molar-refractivity contribution in [2.45, 2.75) is 58.0 Å². The molecule has 2 saturated heterocycles. The van der Waals surface area contributed by atoms with Crippen molar-refractivity contribution >= 4 is 11.4 Å². The highest BCUT2D eigenvalue weighted by Crippen LogP contribution is 2.35. The molecule has 6 aromatic rings. The lowest BCUT2D eigenvalue weighted by molar-refractivity contribution is 0.0332. The standard InChI is InChI=1S/C23H25N5O.C22H23N5O2/c29-27-20-7-5-17-14-18(4-6-19(17)20)23-22(16-8-10-24-11-9-16)25-21(26-23)15-28-12-2-1-3-13-28;28-26-19-4-2-16-13-17(1-3-18(16)19)22-21(15-5-7-23-8-6-15)24-20(25-22)14-27-9-11-29-12-10-27/h4,6,8-11,14,29H,1-3,5,7,12-13,15H2,(H,25,26);1,3,5-8,13,28H,2,4,9-12,14H2,(H,24,25). The van der Waals surface area contributed by atoms with Gasteiger partial charge in [0.15, 0.2) is 0 Å². The highest BCUT2D eigenvalue weighted by Gasteiger charge is 2.24. The summed E-state index contributed by atoms with van der Waals surface area (Å²) in [4.78, 5) is 30.3. The Balaban J connectivity index is 0.000000150. The van der Waals surface area contributed by atoms with Gasteiger partial charge in [0.05, 0.1) is 60.5 Å². The maximum absolute atomic E-state index is 9.21. The van der Waals surface area contributed by atoms with Crippen LogP contribution in [0.1, 0.15) is 66.0 Å². The Hall–Kier alpha value is -6.02. The third-order valence-electron chi connectivity index (χ3n) is 11.6. The maximum atomic E-state index is 9.21. The normalized spacial score (nSPS) is 18.3. The van der Waals surface area contributed by atoms with Crippen LogP contribution in [0.3, 0.4) is 0 Å². The smallest absolute Gasteiger partial charge is 0.121 e. The van der Waals surface area contributed by atoms with E-state index < -0.39 is 0 Å². The van der Waals surface area contributed by atoms with Crippen molar-refractivity contribution in [2.75, 3.05) is 39.4 Å². The zero-order chi connectivity index (χ0) is 39.3. The molecule has 296 valence electrons. The van der Waals surface area contributed by atoms with E-state index in [0.717, 1.165) is 157 Å². The van der Waals surface area contributed by atoms with Gasteiger partial charge >= 0.3 is 0 Å². The van der Waals surface area contributed by atoms with E-state index in [-0.39, 0.29) is 0 Å². The summed E-state index contributed by atoms with van der Waals surface area (Å²) in [6.45, 7) is 7.28. The lowest BCUT2D eigenvalue weighted by Gasteiger charge is -2.25. The van der Waals surface area contributed by atoms with Crippen molar-refractivity contribution in [1.29, 1.82) is 0 Å². The van der Waals surface area contributed by atoms with Crippen molar-refractivity contribution in [3.8, 4) is 45.0 Å². The summed E-state index contributed by atoms with van der Waals surface area (Å²) >= 11 is 0. The minimum Gasteiger partial charge on any atom is -0.411 e. The van der Waals surface area contributed by atoms with Gasteiger partial charge in [-0.3, -0.25) is 19.8 Å². The van der Waals surface area contributed by atoms with Gasteiger partial charge in [0, 0.05) is 71.3 Å². The van der Waals surface area contributed by atoms with Crippen LogP contribution in [0.4, 0.5) is 0 Å². The van der Waals surface area contributed by atoms with Gasteiger partial charge in [-0.1, -0.05) is 41.0 Å². The van der Waals surface area contributed by atoms with Gasteiger partial charge in [-0.15, -0.1) is 0 Å². The number of hydrogen-bond acceptors (Lipinski definition) is 11. The number of H-pyrrole nitrogens is 2. The molecule has 13 heteroatoms. The predicted molar refractivity (Wildman–Crippen MR) is 223 cm³/mol. The van der Waals surface area contributed by atoms with Crippen molar-refractivity contribution in [3.63, 3.8) is 0 Å².